The summed E-state index contributed by atoms with van der Waals surface area (Å²) >= 11 is 6.31. The molecule has 3 rings (SSSR count). The smallest absolute Gasteiger partial charge is 0.138 e. The summed E-state index contributed by atoms with van der Waals surface area (Å²) in [6.45, 7) is 1.84. The van der Waals surface area contributed by atoms with Gasteiger partial charge in [0, 0.05) is 13.1 Å². The Kier molecular flexibility index (Phi) is 6.04. The van der Waals surface area contributed by atoms with Gasteiger partial charge < -0.3 is 10.1 Å². The van der Waals surface area contributed by atoms with E-state index in [1.54, 1.807) is 12.1 Å². The van der Waals surface area contributed by atoms with E-state index in [2.05, 4.69) is 5.32 Å². The average molecular weight is 356 g/mol. The highest BCUT2D eigenvalue weighted by Gasteiger charge is 2.04. The highest BCUT2D eigenvalue weighted by molar-refractivity contribution is 6.32. The molecule has 0 amide bonds. The summed E-state index contributed by atoms with van der Waals surface area (Å²) in [5, 5.41) is 3.91. The van der Waals surface area contributed by atoms with Crippen molar-refractivity contribution in [3.05, 3.63) is 100 Å². The Morgan fingerprint density at radius 3 is 2.20 bits per heavy atom. The first-order valence-electron chi connectivity index (χ1n) is 8.11. The largest absolute Gasteiger partial charge is 0.487 e. The molecule has 0 atom stereocenters. The quantitative estimate of drug-likeness (QED) is 0.617. The molecule has 0 spiro atoms. The zero-order chi connectivity index (χ0) is 17.5. The molecule has 0 aliphatic heterocycles. The summed E-state index contributed by atoms with van der Waals surface area (Å²) in [4.78, 5) is 0. The average Bonchev–Trinajstić information content (AvgIpc) is 2.63. The third kappa shape index (κ3) is 5.31. The van der Waals surface area contributed by atoms with Crippen molar-refractivity contribution in [2.75, 3.05) is 0 Å². The highest BCUT2D eigenvalue weighted by Crippen LogP contribution is 2.26. The van der Waals surface area contributed by atoms with E-state index in [9.17, 15) is 4.39 Å². The second-order valence-electron chi connectivity index (χ2n) is 5.77. The van der Waals surface area contributed by atoms with Crippen LogP contribution in [0.1, 0.15) is 16.7 Å². The SMILES string of the molecule is Fc1ccc(CNCc2ccc(OCc3ccccc3)c(Cl)c2)cc1. The first kappa shape index (κ1) is 17.5. The first-order chi connectivity index (χ1) is 12.2. The van der Waals surface area contributed by atoms with Gasteiger partial charge in [-0.05, 0) is 41.0 Å². The number of hydrogen-bond acceptors (Lipinski definition) is 2. The van der Waals surface area contributed by atoms with Crippen LogP contribution in [0, 0.1) is 5.82 Å². The van der Waals surface area contributed by atoms with E-state index in [4.69, 9.17) is 16.3 Å². The number of halogens is 2. The maximum absolute atomic E-state index is 12.9. The molecule has 128 valence electrons. The van der Waals surface area contributed by atoms with Gasteiger partial charge in [-0.2, -0.15) is 0 Å². The van der Waals surface area contributed by atoms with Crippen molar-refractivity contribution < 1.29 is 9.13 Å². The molecule has 0 aliphatic carbocycles. The molecule has 0 heterocycles. The first-order valence-corrected chi connectivity index (χ1v) is 8.49. The van der Waals surface area contributed by atoms with E-state index in [0.29, 0.717) is 30.5 Å². The molecule has 3 aromatic carbocycles. The lowest BCUT2D eigenvalue weighted by Gasteiger charge is -2.10. The molecular weight excluding hydrogens is 337 g/mol. The fourth-order valence-electron chi connectivity index (χ4n) is 2.46. The molecule has 0 radical (unpaired) electrons. The van der Waals surface area contributed by atoms with E-state index >= 15 is 0 Å². The molecular formula is C21H19ClFNO. The Morgan fingerprint density at radius 2 is 1.48 bits per heavy atom. The van der Waals surface area contributed by atoms with Crippen LogP contribution in [0.25, 0.3) is 0 Å². The molecule has 0 aromatic heterocycles. The lowest BCUT2D eigenvalue weighted by molar-refractivity contribution is 0.306. The number of ether oxygens (including phenoxy) is 1. The van der Waals surface area contributed by atoms with Gasteiger partial charge in [0.05, 0.1) is 5.02 Å². The summed E-state index contributed by atoms with van der Waals surface area (Å²) in [7, 11) is 0. The monoisotopic (exact) mass is 355 g/mol. The molecule has 3 aromatic rings. The molecule has 1 N–H and O–H groups in total. The number of rotatable bonds is 7. The molecule has 2 nitrogen and oxygen atoms in total. The minimum atomic E-state index is -0.221. The van der Waals surface area contributed by atoms with Gasteiger partial charge in [-0.25, -0.2) is 4.39 Å². The number of benzene rings is 3. The van der Waals surface area contributed by atoms with Gasteiger partial charge in [-0.1, -0.05) is 60.1 Å². The molecule has 0 bridgehead atoms. The molecule has 0 unspecified atom stereocenters. The van der Waals surface area contributed by atoms with Crippen molar-refractivity contribution in [1.29, 1.82) is 0 Å². The van der Waals surface area contributed by atoms with Gasteiger partial charge in [0.2, 0.25) is 0 Å². The second kappa shape index (κ2) is 8.65. The van der Waals surface area contributed by atoms with Gasteiger partial charge in [0.15, 0.2) is 0 Å². The Labute approximate surface area is 152 Å². The molecule has 0 saturated heterocycles. The molecule has 4 heteroatoms. The van der Waals surface area contributed by atoms with E-state index < -0.39 is 0 Å². The van der Waals surface area contributed by atoms with Crippen LogP contribution >= 0.6 is 11.6 Å². The van der Waals surface area contributed by atoms with E-state index in [1.165, 1.54) is 12.1 Å². The van der Waals surface area contributed by atoms with Crippen LogP contribution in [0.3, 0.4) is 0 Å². The summed E-state index contributed by atoms with van der Waals surface area (Å²) in [6, 6.07) is 22.2. The van der Waals surface area contributed by atoms with E-state index in [1.807, 2.05) is 48.5 Å². The lowest BCUT2D eigenvalue weighted by Crippen LogP contribution is -2.12. The molecule has 0 fully saturated rings. The number of nitrogens with one attached hydrogen (secondary N) is 1. The minimum absolute atomic E-state index is 0.221. The van der Waals surface area contributed by atoms with Crippen LogP contribution in [0.5, 0.6) is 5.75 Å². The summed E-state index contributed by atoms with van der Waals surface area (Å²) in [6.07, 6.45) is 0. The van der Waals surface area contributed by atoms with Crippen molar-refractivity contribution in [3.63, 3.8) is 0 Å². The Morgan fingerprint density at radius 1 is 0.800 bits per heavy atom. The molecule has 0 aliphatic rings. The maximum atomic E-state index is 12.9. The van der Waals surface area contributed by atoms with Crippen LogP contribution in [0.2, 0.25) is 5.02 Å². The van der Waals surface area contributed by atoms with Gasteiger partial charge >= 0.3 is 0 Å². The topological polar surface area (TPSA) is 21.3 Å². The van der Waals surface area contributed by atoms with Gasteiger partial charge in [-0.3, -0.25) is 0 Å². The van der Waals surface area contributed by atoms with E-state index in [0.717, 1.165) is 16.7 Å². The molecule has 25 heavy (non-hydrogen) atoms. The molecule has 0 saturated carbocycles. The zero-order valence-corrected chi connectivity index (χ0v) is 14.5. The number of hydrogen-bond donors (Lipinski definition) is 1. The van der Waals surface area contributed by atoms with Gasteiger partial charge in [0.25, 0.3) is 0 Å². The van der Waals surface area contributed by atoms with Crippen LogP contribution in [-0.2, 0) is 19.7 Å². The van der Waals surface area contributed by atoms with Crippen molar-refractivity contribution in [2.24, 2.45) is 0 Å². The third-order valence-corrected chi connectivity index (χ3v) is 4.10. The van der Waals surface area contributed by atoms with Crippen molar-refractivity contribution in [3.8, 4) is 5.75 Å². The summed E-state index contributed by atoms with van der Waals surface area (Å²) < 4.78 is 18.7. The van der Waals surface area contributed by atoms with Gasteiger partial charge in [-0.15, -0.1) is 0 Å². The Bertz CT molecular complexity index is 806. The predicted molar refractivity (Wildman–Crippen MR) is 99.2 cm³/mol. The summed E-state index contributed by atoms with van der Waals surface area (Å²) in [5.74, 6) is 0.453. The Hall–Kier alpha value is -2.36. The van der Waals surface area contributed by atoms with E-state index in [-0.39, 0.29) is 5.82 Å². The standard InChI is InChI=1S/C21H19ClFNO/c22-20-12-18(14-24-13-16-6-9-19(23)10-7-16)8-11-21(20)25-15-17-4-2-1-3-5-17/h1-12,24H,13-15H2. The lowest BCUT2D eigenvalue weighted by atomic mass is 10.2. The van der Waals surface area contributed by atoms with Gasteiger partial charge in [0.1, 0.15) is 18.2 Å². The normalized spacial score (nSPS) is 10.6. The highest BCUT2D eigenvalue weighted by atomic mass is 35.5. The van der Waals surface area contributed by atoms with Crippen LogP contribution in [0.15, 0.2) is 72.8 Å². The van der Waals surface area contributed by atoms with Crippen LogP contribution in [-0.4, -0.2) is 0 Å². The van der Waals surface area contributed by atoms with Crippen molar-refractivity contribution in [1.82, 2.24) is 5.32 Å². The minimum Gasteiger partial charge on any atom is -0.487 e. The predicted octanol–water partition coefficient (Wildman–Crippen LogP) is 5.35. The zero-order valence-electron chi connectivity index (χ0n) is 13.7. The third-order valence-electron chi connectivity index (χ3n) is 3.80. The second-order valence-corrected chi connectivity index (χ2v) is 6.18. The van der Waals surface area contributed by atoms with Crippen molar-refractivity contribution in [2.45, 2.75) is 19.7 Å². The fraction of sp³-hybridized carbons (Fsp3) is 0.143. The summed E-state index contributed by atoms with van der Waals surface area (Å²) in [5.41, 5.74) is 3.21. The maximum Gasteiger partial charge on any atom is 0.138 e. The van der Waals surface area contributed by atoms with Crippen molar-refractivity contribution >= 4 is 11.6 Å². The Balaban J connectivity index is 1.51. The van der Waals surface area contributed by atoms with Crippen LogP contribution in [0.4, 0.5) is 4.39 Å². The van der Waals surface area contributed by atoms with Crippen LogP contribution < -0.4 is 10.1 Å². The fourth-order valence-corrected chi connectivity index (χ4v) is 2.72.